The lowest BCUT2D eigenvalue weighted by Gasteiger charge is -2.16. The third-order valence-electron chi connectivity index (χ3n) is 2.90. The largest absolute Gasteiger partial charge is 0.279 e. The maximum Gasteiger partial charge on any atom is 0.0561 e. The Balaban J connectivity index is 1.79. The van der Waals surface area contributed by atoms with E-state index in [1.165, 1.54) is 32.1 Å². The molecule has 0 radical (unpaired) electrons. The van der Waals surface area contributed by atoms with E-state index in [4.69, 9.17) is 0 Å². The first-order valence-corrected chi connectivity index (χ1v) is 5.79. The SMILES string of the molecule is C(=N/Nc1ccccc1)/C1CCCCC1. The zero-order valence-electron chi connectivity index (χ0n) is 9.02. The summed E-state index contributed by atoms with van der Waals surface area (Å²) in [5.41, 5.74) is 4.12. The first kappa shape index (κ1) is 10.2. The van der Waals surface area contributed by atoms with Gasteiger partial charge in [0.15, 0.2) is 0 Å². The molecule has 0 amide bonds. The summed E-state index contributed by atoms with van der Waals surface area (Å²) in [6, 6.07) is 10.1. The van der Waals surface area contributed by atoms with Crippen LogP contribution < -0.4 is 5.43 Å². The molecule has 1 aliphatic rings. The zero-order chi connectivity index (χ0) is 10.3. The summed E-state index contributed by atoms with van der Waals surface area (Å²) in [6.07, 6.45) is 8.81. The van der Waals surface area contributed by atoms with Crippen molar-refractivity contribution in [2.75, 3.05) is 5.43 Å². The van der Waals surface area contributed by atoms with Crippen molar-refractivity contribution in [3.05, 3.63) is 30.3 Å². The van der Waals surface area contributed by atoms with Crippen LogP contribution >= 0.6 is 0 Å². The van der Waals surface area contributed by atoms with Gasteiger partial charge in [0, 0.05) is 6.21 Å². The van der Waals surface area contributed by atoms with Crippen molar-refractivity contribution in [2.24, 2.45) is 11.0 Å². The summed E-state index contributed by atoms with van der Waals surface area (Å²) < 4.78 is 0. The van der Waals surface area contributed by atoms with Crippen molar-refractivity contribution in [1.29, 1.82) is 0 Å². The van der Waals surface area contributed by atoms with Crippen LogP contribution in [0.1, 0.15) is 32.1 Å². The number of anilines is 1. The summed E-state index contributed by atoms with van der Waals surface area (Å²) in [6.45, 7) is 0. The fourth-order valence-corrected chi connectivity index (χ4v) is 2.01. The Morgan fingerprint density at radius 3 is 2.53 bits per heavy atom. The number of rotatable bonds is 3. The highest BCUT2D eigenvalue weighted by molar-refractivity contribution is 5.62. The van der Waals surface area contributed by atoms with Crippen LogP contribution in [-0.4, -0.2) is 6.21 Å². The van der Waals surface area contributed by atoms with Crippen molar-refractivity contribution in [3.8, 4) is 0 Å². The van der Waals surface area contributed by atoms with Crippen LogP contribution in [0.3, 0.4) is 0 Å². The Morgan fingerprint density at radius 2 is 1.80 bits per heavy atom. The van der Waals surface area contributed by atoms with Crippen LogP contribution in [0.4, 0.5) is 5.69 Å². The minimum Gasteiger partial charge on any atom is -0.279 e. The maximum absolute atomic E-state index is 4.29. The Hall–Kier alpha value is -1.31. The molecule has 1 aliphatic carbocycles. The third kappa shape index (κ3) is 3.39. The third-order valence-corrected chi connectivity index (χ3v) is 2.90. The van der Waals surface area contributed by atoms with Gasteiger partial charge in [0.05, 0.1) is 5.69 Å². The van der Waals surface area contributed by atoms with E-state index in [-0.39, 0.29) is 0 Å². The van der Waals surface area contributed by atoms with Crippen molar-refractivity contribution < 1.29 is 0 Å². The predicted molar refractivity (Wildman–Crippen MR) is 65.1 cm³/mol. The predicted octanol–water partition coefficient (Wildman–Crippen LogP) is 3.66. The minimum atomic E-state index is 0.690. The van der Waals surface area contributed by atoms with E-state index in [2.05, 4.69) is 16.7 Å². The second-order valence-corrected chi connectivity index (χ2v) is 4.15. The normalized spacial score (nSPS) is 18.1. The Morgan fingerprint density at radius 1 is 1.07 bits per heavy atom. The zero-order valence-corrected chi connectivity index (χ0v) is 9.02. The van der Waals surface area contributed by atoms with Crippen LogP contribution in [0.25, 0.3) is 0 Å². The minimum absolute atomic E-state index is 0.690. The molecule has 0 aliphatic heterocycles. The Kier molecular flexibility index (Phi) is 3.77. The van der Waals surface area contributed by atoms with Gasteiger partial charge in [0.2, 0.25) is 0 Å². The molecule has 0 heterocycles. The monoisotopic (exact) mass is 202 g/mol. The molecule has 0 unspecified atom stereocenters. The van der Waals surface area contributed by atoms with Crippen molar-refractivity contribution in [2.45, 2.75) is 32.1 Å². The smallest absolute Gasteiger partial charge is 0.0561 e. The molecule has 1 aromatic carbocycles. The highest BCUT2D eigenvalue weighted by atomic mass is 15.3. The molecule has 0 atom stereocenters. The lowest BCUT2D eigenvalue weighted by atomic mass is 9.90. The highest BCUT2D eigenvalue weighted by Crippen LogP contribution is 2.21. The van der Waals surface area contributed by atoms with Crippen LogP contribution in [0.5, 0.6) is 0 Å². The molecule has 1 fully saturated rings. The molecule has 2 rings (SSSR count). The van der Waals surface area contributed by atoms with E-state index >= 15 is 0 Å². The van der Waals surface area contributed by atoms with Crippen LogP contribution in [0, 0.1) is 5.92 Å². The molecule has 1 aromatic rings. The number of para-hydroxylation sites is 1. The number of hydrazone groups is 1. The Bertz CT molecular complexity index is 300. The van der Waals surface area contributed by atoms with Gasteiger partial charge in [0.1, 0.15) is 0 Å². The van der Waals surface area contributed by atoms with Gasteiger partial charge in [-0.2, -0.15) is 5.10 Å². The summed E-state index contributed by atoms with van der Waals surface area (Å²) in [4.78, 5) is 0. The van der Waals surface area contributed by atoms with Crippen LogP contribution in [-0.2, 0) is 0 Å². The van der Waals surface area contributed by atoms with Gasteiger partial charge >= 0.3 is 0 Å². The molecule has 0 saturated heterocycles. The van der Waals surface area contributed by atoms with Gasteiger partial charge in [-0.15, -0.1) is 0 Å². The molecule has 80 valence electrons. The topological polar surface area (TPSA) is 24.4 Å². The molecule has 1 N–H and O–H groups in total. The van der Waals surface area contributed by atoms with Gasteiger partial charge in [-0.1, -0.05) is 37.5 Å². The summed E-state index contributed by atoms with van der Waals surface area (Å²) in [5.74, 6) is 0.690. The number of benzene rings is 1. The molecular weight excluding hydrogens is 184 g/mol. The van der Waals surface area contributed by atoms with E-state index in [9.17, 15) is 0 Å². The highest BCUT2D eigenvalue weighted by Gasteiger charge is 2.10. The molecule has 1 saturated carbocycles. The average Bonchev–Trinajstić information content (AvgIpc) is 2.32. The fourth-order valence-electron chi connectivity index (χ4n) is 2.01. The Labute approximate surface area is 91.4 Å². The average molecular weight is 202 g/mol. The second-order valence-electron chi connectivity index (χ2n) is 4.15. The first-order valence-electron chi connectivity index (χ1n) is 5.79. The summed E-state index contributed by atoms with van der Waals surface area (Å²) in [7, 11) is 0. The van der Waals surface area contributed by atoms with Gasteiger partial charge in [-0.3, -0.25) is 5.43 Å². The van der Waals surface area contributed by atoms with Crippen molar-refractivity contribution in [1.82, 2.24) is 0 Å². The van der Waals surface area contributed by atoms with Crippen LogP contribution in [0.15, 0.2) is 35.4 Å². The lowest BCUT2D eigenvalue weighted by molar-refractivity contribution is 0.445. The maximum atomic E-state index is 4.29. The van der Waals surface area contributed by atoms with E-state index < -0.39 is 0 Å². The van der Waals surface area contributed by atoms with Gasteiger partial charge in [-0.25, -0.2) is 0 Å². The molecule has 2 heteroatoms. The van der Waals surface area contributed by atoms with Crippen molar-refractivity contribution in [3.63, 3.8) is 0 Å². The van der Waals surface area contributed by atoms with E-state index in [0.717, 1.165) is 5.69 Å². The van der Waals surface area contributed by atoms with Gasteiger partial charge in [0.25, 0.3) is 0 Å². The number of hydrogen-bond donors (Lipinski definition) is 1. The molecule has 2 nitrogen and oxygen atoms in total. The fraction of sp³-hybridized carbons (Fsp3) is 0.462. The lowest BCUT2D eigenvalue weighted by Crippen LogP contribution is -2.08. The number of nitrogens with zero attached hydrogens (tertiary/aromatic N) is 1. The first-order chi connectivity index (χ1) is 7.45. The molecule has 0 spiro atoms. The summed E-state index contributed by atoms with van der Waals surface area (Å²) in [5, 5.41) is 4.29. The van der Waals surface area contributed by atoms with Gasteiger partial charge < -0.3 is 0 Å². The number of nitrogens with one attached hydrogen (secondary N) is 1. The van der Waals surface area contributed by atoms with E-state index in [1.807, 2.05) is 30.3 Å². The summed E-state index contributed by atoms with van der Waals surface area (Å²) >= 11 is 0. The second kappa shape index (κ2) is 5.54. The number of hydrogen-bond acceptors (Lipinski definition) is 2. The molecule has 0 bridgehead atoms. The standard InChI is InChI=1S/C13H18N2/c1-3-7-12(8-4-1)11-14-15-13-9-5-2-6-10-13/h2,5-6,9-12,15H,1,3-4,7-8H2/b14-11-. The quantitative estimate of drug-likeness (QED) is 0.587. The van der Waals surface area contributed by atoms with Crippen molar-refractivity contribution >= 4 is 11.9 Å². The van der Waals surface area contributed by atoms with E-state index in [1.54, 1.807) is 0 Å². The molecule has 0 aromatic heterocycles. The van der Waals surface area contributed by atoms with Gasteiger partial charge in [-0.05, 0) is 30.9 Å². The molecular formula is C13H18N2. The van der Waals surface area contributed by atoms with Crippen LogP contribution in [0.2, 0.25) is 0 Å². The molecule has 15 heavy (non-hydrogen) atoms. The van der Waals surface area contributed by atoms with E-state index in [0.29, 0.717) is 5.92 Å².